The fourth-order valence-electron chi connectivity index (χ4n) is 2.28. The van der Waals surface area contributed by atoms with Crippen LogP contribution in [0.1, 0.15) is 11.1 Å². The van der Waals surface area contributed by atoms with Crippen LogP contribution < -0.4 is 10.6 Å². The number of thiocarbonyl (C=S) groups is 1. The van der Waals surface area contributed by atoms with Crippen LogP contribution in [0.2, 0.25) is 0 Å². The Morgan fingerprint density at radius 1 is 1.00 bits per heavy atom. The summed E-state index contributed by atoms with van der Waals surface area (Å²) in [5, 5.41) is 10.9. The highest BCUT2D eigenvalue weighted by Gasteiger charge is 2.09. The zero-order valence-electron chi connectivity index (χ0n) is 13.5. The molecule has 0 saturated carbocycles. The standard InChI is InChI=1S/C18H15BrF2N4S/c19-16-11-25(10-13-3-7-15(21)8-4-13)24-17(16)23-18(26)22-9-12-1-5-14(20)6-2-12/h1-8,11H,9-10H2,(H2,22,23,24,26). The number of nitrogens with zero attached hydrogens (tertiary/aromatic N) is 2. The molecule has 26 heavy (non-hydrogen) atoms. The molecule has 0 spiro atoms. The maximum absolute atomic E-state index is 13.0. The van der Waals surface area contributed by atoms with Gasteiger partial charge in [0.05, 0.1) is 11.0 Å². The first kappa shape index (κ1) is 18.5. The summed E-state index contributed by atoms with van der Waals surface area (Å²) in [6.45, 7) is 0.982. The van der Waals surface area contributed by atoms with Crippen LogP contribution in [0.5, 0.6) is 0 Å². The molecule has 1 heterocycles. The van der Waals surface area contributed by atoms with Gasteiger partial charge in [0.25, 0.3) is 0 Å². The second-order valence-electron chi connectivity index (χ2n) is 5.58. The molecule has 8 heteroatoms. The number of rotatable bonds is 5. The zero-order chi connectivity index (χ0) is 18.5. The number of halogens is 3. The maximum Gasteiger partial charge on any atom is 0.172 e. The third-order valence-electron chi connectivity index (χ3n) is 3.57. The predicted octanol–water partition coefficient (Wildman–Crippen LogP) is 4.46. The second kappa shape index (κ2) is 8.37. The third kappa shape index (κ3) is 5.09. The fourth-order valence-corrected chi connectivity index (χ4v) is 2.86. The number of aromatic nitrogens is 2. The lowest BCUT2D eigenvalue weighted by Gasteiger charge is -2.09. The van der Waals surface area contributed by atoms with E-state index in [9.17, 15) is 8.78 Å². The normalized spacial score (nSPS) is 10.6. The first-order valence-electron chi connectivity index (χ1n) is 7.76. The molecule has 3 aromatic rings. The highest BCUT2D eigenvalue weighted by Crippen LogP contribution is 2.20. The van der Waals surface area contributed by atoms with E-state index in [2.05, 4.69) is 31.7 Å². The summed E-state index contributed by atoms with van der Waals surface area (Å²) < 4.78 is 28.4. The van der Waals surface area contributed by atoms with Crippen LogP contribution >= 0.6 is 28.1 Å². The van der Waals surface area contributed by atoms with Gasteiger partial charge in [0.2, 0.25) is 0 Å². The molecule has 1 aromatic heterocycles. The van der Waals surface area contributed by atoms with E-state index in [-0.39, 0.29) is 11.6 Å². The number of anilines is 1. The Bertz CT molecular complexity index is 895. The summed E-state index contributed by atoms with van der Waals surface area (Å²) in [7, 11) is 0. The van der Waals surface area contributed by atoms with Crippen LogP contribution in [-0.2, 0) is 13.1 Å². The molecule has 0 aliphatic carbocycles. The van der Waals surface area contributed by atoms with E-state index in [0.717, 1.165) is 15.6 Å². The van der Waals surface area contributed by atoms with Crippen molar-refractivity contribution in [1.82, 2.24) is 15.1 Å². The maximum atomic E-state index is 13.0. The molecule has 0 saturated heterocycles. The van der Waals surface area contributed by atoms with Gasteiger partial charge in [0.15, 0.2) is 10.9 Å². The van der Waals surface area contributed by atoms with Gasteiger partial charge in [-0.1, -0.05) is 24.3 Å². The minimum absolute atomic E-state index is 0.268. The Hall–Kier alpha value is -2.32. The van der Waals surface area contributed by atoms with E-state index < -0.39 is 0 Å². The van der Waals surface area contributed by atoms with Crippen molar-refractivity contribution in [2.45, 2.75) is 13.1 Å². The number of nitrogens with one attached hydrogen (secondary N) is 2. The lowest BCUT2D eigenvalue weighted by molar-refractivity contribution is 0.624. The van der Waals surface area contributed by atoms with Gasteiger partial charge in [-0.2, -0.15) is 5.10 Å². The summed E-state index contributed by atoms with van der Waals surface area (Å²) in [6.07, 6.45) is 1.81. The van der Waals surface area contributed by atoms with E-state index in [1.54, 1.807) is 28.9 Å². The van der Waals surface area contributed by atoms with Gasteiger partial charge in [-0.25, -0.2) is 8.78 Å². The van der Waals surface area contributed by atoms with Crippen LogP contribution in [0.4, 0.5) is 14.6 Å². The molecule has 2 N–H and O–H groups in total. The number of benzene rings is 2. The fraction of sp³-hybridized carbons (Fsp3) is 0.111. The Morgan fingerprint density at radius 2 is 1.58 bits per heavy atom. The summed E-state index contributed by atoms with van der Waals surface area (Å²) in [5.74, 6) is 0.0316. The summed E-state index contributed by atoms with van der Waals surface area (Å²) in [4.78, 5) is 0. The molecule has 4 nitrogen and oxygen atoms in total. The van der Waals surface area contributed by atoms with Crippen LogP contribution in [0, 0.1) is 11.6 Å². The molecule has 0 amide bonds. The first-order chi connectivity index (χ1) is 12.5. The second-order valence-corrected chi connectivity index (χ2v) is 6.85. The van der Waals surface area contributed by atoms with Gasteiger partial charge in [0, 0.05) is 12.7 Å². The van der Waals surface area contributed by atoms with E-state index in [1.165, 1.54) is 24.3 Å². The van der Waals surface area contributed by atoms with Crippen LogP contribution in [0.25, 0.3) is 0 Å². The summed E-state index contributed by atoms with van der Waals surface area (Å²) in [6, 6.07) is 12.5. The lowest BCUT2D eigenvalue weighted by Crippen LogP contribution is -2.28. The van der Waals surface area contributed by atoms with Crippen molar-refractivity contribution >= 4 is 39.1 Å². The largest absolute Gasteiger partial charge is 0.358 e. The smallest absolute Gasteiger partial charge is 0.172 e. The molecular formula is C18H15BrF2N4S. The molecule has 0 radical (unpaired) electrons. The number of hydrogen-bond acceptors (Lipinski definition) is 2. The molecule has 0 aliphatic rings. The summed E-state index contributed by atoms with van der Waals surface area (Å²) in [5.41, 5.74) is 1.85. The molecular weight excluding hydrogens is 422 g/mol. The Balaban J connectivity index is 1.57. The van der Waals surface area contributed by atoms with Crippen molar-refractivity contribution in [3.8, 4) is 0 Å². The Morgan fingerprint density at radius 3 is 2.19 bits per heavy atom. The highest BCUT2D eigenvalue weighted by atomic mass is 79.9. The number of hydrogen-bond donors (Lipinski definition) is 2. The first-order valence-corrected chi connectivity index (χ1v) is 8.96. The lowest BCUT2D eigenvalue weighted by atomic mass is 10.2. The van der Waals surface area contributed by atoms with Crippen LogP contribution in [0.15, 0.2) is 59.2 Å². The van der Waals surface area contributed by atoms with Gasteiger partial charge in [-0.3, -0.25) is 4.68 Å². The minimum atomic E-state index is -0.273. The highest BCUT2D eigenvalue weighted by molar-refractivity contribution is 9.10. The van der Waals surface area contributed by atoms with Crippen molar-refractivity contribution in [1.29, 1.82) is 0 Å². The molecule has 0 bridgehead atoms. The van der Waals surface area contributed by atoms with Crippen molar-refractivity contribution in [2.75, 3.05) is 5.32 Å². The van der Waals surface area contributed by atoms with Gasteiger partial charge < -0.3 is 10.6 Å². The molecule has 0 aliphatic heterocycles. The predicted molar refractivity (Wildman–Crippen MR) is 105 cm³/mol. The van der Waals surface area contributed by atoms with Crippen molar-refractivity contribution in [3.63, 3.8) is 0 Å². The topological polar surface area (TPSA) is 41.9 Å². The zero-order valence-corrected chi connectivity index (χ0v) is 15.9. The van der Waals surface area contributed by atoms with Gasteiger partial charge >= 0.3 is 0 Å². The average Bonchev–Trinajstić information content (AvgIpc) is 2.95. The average molecular weight is 437 g/mol. The Kier molecular flexibility index (Phi) is 5.95. The molecule has 2 aromatic carbocycles. The molecule has 0 unspecified atom stereocenters. The van der Waals surface area contributed by atoms with E-state index in [0.29, 0.717) is 24.0 Å². The van der Waals surface area contributed by atoms with E-state index >= 15 is 0 Å². The quantitative estimate of drug-likeness (QED) is 0.579. The molecule has 3 rings (SSSR count). The molecule has 0 atom stereocenters. The molecule has 0 fully saturated rings. The van der Waals surface area contributed by atoms with Crippen LogP contribution in [0.3, 0.4) is 0 Å². The van der Waals surface area contributed by atoms with E-state index in [4.69, 9.17) is 12.2 Å². The Labute approximate surface area is 163 Å². The van der Waals surface area contributed by atoms with Gasteiger partial charge in [-0.15, -0.1) is 0 Å². The summed E-state index contributed by atoms with van der Waals surface area (Å²) >= 11 is 8.71. The molecule has 134 valence electrons. The third-order valence-corrected chi connectivity index (χ3v) is 4.40. The van der Waals surface area contributed by atoms with Crippen molar-refractivity contribution in [3.05, 3.63) is 82.0 Å². The van der Waals surface area contributed by atoms with E-state index in [1.807, 2.05) is 6.20 Å². The van der Waals surface area contributed by atoms with Gasteiger partial charge in [-0.05, 0) is 63.5 Å². The minimum Gasteiger partial charge on any atom is -0.358 e. The van der Waals surface area contributed by atoms with Crippen molar-refractivity contribution < 1.29 is 8.78 Å². The van der Waals surface area contributed by atoms with Crippen LogP contribution in [-0.4, -0.2) is 14.9 Å². The monoisotopic (exact) mass is 436 g/mol. The SMILES string of the molecule is Fc1ccc(CNC(=S)Nc2nn(Cc3ccc(F)cc3)cc2Br)cc1. The van der Waals surface area contributed by atoms with Gasteiger partial charge in [0.1, 0.15) is 11.6 Å². The van der Waals surface area contributed by atoms with Crippen molar-refractivity contribution in [2.24, 2.45) is 0 Å².